The summed E-state index contributed by atoms with van der Waals surface area (Å²) >= 11 is 1.46. The first kappa shape index (κ1) is 13.5. The topological polar surface area (TPSA) is 47.0 Å². The van der Waals surface area contributed by atoms with Crippen LogP contribution in [-0.4, -0.2) is 28.8 Å². The summed E-state index contributed by atoms with van der Waals surface area (Å²) in [7, 11) is 1.76. The van der Waals surface area contributed by atoms with Gasteiger partial charge in [-0.1, -0.05) is 11.4 Å². The summed E-state index contributed by atoms with van der Waals surface area (Å²) in [5, 5.41) is 7.34. The Kier molecular flexibility index (Phi) is 5.31. The van der Waals surface area contributed by atoms with Crippen molar-refractivity contribution in [3.8, 4) is 0 Å². The van der Waals surface area contributed by atoms with Crippen LogP contribution in [0.4, 0.5) is 0 Å². The van der Waals surface area contributed by atoms with Crippen LogP contribution in [0.2, 0.25) is 0 Å². The summed E-state index contributed by atoms with van der Waals surface area (Å²) < 4.78 is 9.34. The zero-order chi connectivity index (χ0) is 12.0. The summed E-state index contributed by atoms with van der Waals surface area (Å²) in [6, 6.07) is 0.347. The van der Waals surface area contributed by atoms with Gasteiger partial charge in [0.15, 0.2) is 0 Å². The standard InChI is InChI=1S/C11H21N3OS/c1-5-12-9(10-8-13-14-16-10)6-7-11(2,3)15-4/h8-9,12H,5-7H2,1-4H3. The van der Waals surface area contributed by atoms with E-state index in [-0.39, 0.29) is 5.60 Å². The molecule has 1 rings (SSSR count). The lowest BCUT2D eigenvalue weighted by Crippen LogP contribution is -2.27. The highest BCUT2D eigenvalue weighted by atomic mass is 32.1. The van der Waals surface area contributed by atoms with Gasteiger partial charge >= 0.3 is 0 Å². The maximum absolute atomic E-state index is 5.43. The minimum atomic E-state index is -0.0637. The summed E-state index contributed by atoms with van der Waals surface area (Å²) in [4.78, 5) is 1.20. The van der Waals surface area contributed by atoms with Crippen LogP contribution in [-0.2, 0) is 4.74 Å². The van der Waals surface area contributed by atoms with Gasteiger partial charge in [0.05, 0.1) is 16.7 Å². The van der Waals surface area contributed by atoms with Crippen molar-refractivity contribution in [2.75, 3.05) is 13.7 Å². The van der Waals surface area contributed by atoms with Gasteiger partial charge in [-0.05, 0) is 44.8 Å². The van der Waals surface area contributed by atoms with E-state index in [1.54, 1.807) is 7.11 Å². The summed E-state index contributed by atoms with van der Waals surface area (Å²) in [5.41, 5.74) is -0.0637. The molecule has 0 amide bonds. The molecule has 0 bridgehead atoms. The molecule has 1 unspecified atom stereocenters. The smallest absolute Gasteiger partial charge is 0.0669 e. The van der Waals surface area contributed by atoms with Gasteiger partial charge in [-0.25, -0.2) is 0 Å². The van der Waals surface area contributed by atoms with E-state index in [1.807, 2.05) is 6.20 Å². The van der Waals surface area contributed by atoms with Crippen molar-refractivity contribution in [1.29, 1.82) is 0 Å². The normalized spacial score (nSPS) is 14.0. The molecule has 1 heterocycles. The van der Waals surface area contributed by atoms with Gasteiger partial charge in [-0.15, -0.1) is 5.10 Å². The third-order valence-corrected chi connectivity index (χ3v) is 3.54. The zero-order valence-electron chi connectivity index (χ0n) is 10.5. The lowest BCUT2D eigenvalue weighted by molar-refractivity contribution is 0.0118. The van der Waals surface area contributed by atoms with E-state index in [9.17, 15) is 0 Å². The number of aromatic nitrogens is 2. The Labute approximate surface area is 102 Å². The number of hydrogen-bond acceptors (Lipinski definition) is 5. The molecule has 4 nitrogen and oxygen atoms in total. The predicted molar refractivity (Wildman–Crippen MR) is 66.6 cm³/mol. The Morgan fingerprint density at radius 1 is 1.56 bits per heavy atom. The second-order valence-corrected chi connectivity index (χ2v) is 5.25. The molecule has 0 saturated carbocycles. The van der Waals surface area contributed by atoms with Crippen LogP contribution in [0.5, 0.6) is 0 Å². The van der Waals surface area contributed by atoms with Crippen molar-refractivity contribution < 1.29 is 4.74 Å². The molecule has 0 aromatic carbocycles. The van der Waals surface area contributed by atoms with E-state index in [4.69, 9.17) is 4.74 Å². The van der Waals surface area contributed by atoms with Crippen molar-refractivity contribution in [2.45, 2.75) is 45.3 Å². The molecule has 1 atom stereocenters. The van der Waals surface area contributed by atoms with E-state index in [1.165, 1.54) is 16.4 Å². The first-order valence-corrected chi connectivity index (χ1v) is 6.42. The molecule has 92 valence electrons. The summed E-state index contributed by atoms with van der Waals surface area (Å²) in [5.74, 6) is 0. The highest BCUT2D eigenvalue weighted by Crippen LogP contribution is 2.25. The third-order valence-electron chi connectivity index (χ3n) is 2.76. The molecule has 5 heteroatoms. The molecular formula is C11H21N3OS. The average molecular weight is 243 g/mol. The predicted octanol–water partition coefficient (Wildman–Crippen LogP) is 2.39. The van der Waals surface area contributed by atoms with Crippen LogP contribution >= 0.6 is 11.5 Å². The minimum Gasteiger partial charge on any atom is -0.379 e. The Morgan fingerprint density at radius 2 is 2.31 bits per heavy atom. The number of methoxy groups -OCH3 is 1. The number of hydrogen-bond donors (Lipinski definition) is 1. The molecule has 0 spiro atoms. The number of nitrogens with one attached hydrogen (secondary N) is 1. The Balaban J connectivity index is 2.53. The Bertz CT molecular complexity index is 287. The first-order chi connectivity index (χ1) is 7.59. The van der Waals surface area contributed by atoms with Gasteiger partial charge in [0.2, 0.25) is 0 Å². The van der Waals surface area contributed by atoms with Crippen LogP contribution < -0.4 is 5.32 Å². The lowest BCUT2D eigenvalue weighted by atomic mass is 9.98. The van der Waals surface area contributed by atoms with E-state index >= 15 is 0 Å². The maximum atomic E-state index is 5.43. The Morgan fingerprint density at radius 3 is 2.81 bits per heavy atom. The van der Waals surface area contributed by atoms with Crippen molar-refractivity contribution in [3.63, 3.8) is 0 Å². The van der Waals surface area contributed by atoms with E-state index in [0.29, 0.717) is 6.04 Å². The largest absolute Gasteiger partial charge is 0.379 e. The van der Waals surface area contributed by atoms with Gasteiger partial charge < -0.3 is 10.1 Å². The van der Waals surface area contributed by atoms with E-state index in [0.717, 1.165) is 19.4 Å². The zero-order valence-corrected chi connectivity index (χ0v) is 11.3. The number of ether oxygens (including phenoxy) is 1. The Hall–Kier alpha value is -0.520. The number of nitrogens with zero attached hydrogens (tertiary/aromatic N) is 2. The monoisotopic (exact) mass is 243 g/mol. The molecule has 0 aliphatic carbocycles. The third kappa shape index (κ3) is 4.15. The molecular weight excluding hydrogens is 222 g/mol. The number of rotatable bonds is 7. The fraction of sp³-hybridized carbons (Fsp3) is 0.818. The van der Waals surface area contributed by atoms with Crippen molar-refractivity contribution in [2.24, 2.45) is 0 Å². The molecule has 16 heavy (non-hydrogen) atoms. The van der Waals surface area contributed by atoms with Gasteiger partial charge in [-0.3, -0.25) is 0 Å². The van der Waals surface area contributed by atoms with Crippen LogP contribution in [0.1, 0.15) is 44.5 Å². The molecule has 0 aliphatic rings. The fourth-order valence-electron chi connectivity index (χ4n) is 1.51. The van der Waals surface area contributed by atoms with Gasteiger partial charge in [-0.2, -0.15) is 0 Å². The molecule has 1 N–H and O–H groups in total. The molecule has 0 fully saturated rings. The van der Waals surface area contributed by atoms with Gasteiger partial charge in [0.1, 0.15) is 0 Å². The van der Waals surface area contributed by atoms with Crippen molar-refractivity contribution in [3.05, 3.63) is 11.1 Å². The van der Waals surface area contributed by atoms with Crippen molar-refractivity contribution in [1.82, 2.24) is 14.9 Å². The average Bonchev–Trinajstić information content (AvgIpc) is 2.77. The highest BCUT2D eigenvalue weighted by Gasteiger charge is 2.20. The lowest BCUT2D eigenvalue weighted by Gasteiger charge is -2.25. The first-order valence-electron chi connectivity index (χ1n) is 5.65. The second kappa shape index (κ2) is 6.27. The van der Waals surface area contributed by atoms with Crippen LogP contribution in [0.25, 0.3) is 0 Å². The molecule has 0 aliphatic heterocycles. The quantitative estimate of drug-likeness (QED) is 0.799. The highest BCUT2D eigenvalue weighted by molar-refractivity contribution is 7.05. The van der Waals surface area contributed by atoms with Crippen LogP contribution in [0, 0.1) is 0 Å². The van der Waals surface area contributed by atoms with Gasteiger partial charge in [0.25, 0.3) is 0 Å². The SMILES string of the molecule is CCNC(CCC(C)(C)OC)c1cnns1. The molecule has 0 radical (unpaired) electrons. The second-order valence-electron chi connectivity index (χ2n) is 4.43. The summed E-state index contributed by atoms with van der Waals surface area (Å²) in [6.45, 7) is 7.29. The minimum absolute atomic E-state index is 0.0637. The summed E-state index contributed by atoms with van der Waals surface area (Å²) in [6.07, 6.45) is 3.90. The van der Waals surface area contributed by atoms with Crippen LogP contribution in [0.15, 0.2) is 6.20 Å². The van der Waals surface area contributed by atoms with Crippen molar-refractivity contribution >= 4 is 11.5 Å². The van der Waals surface area contributed by atoms with Gasteiger partial charge in [0, 0.05) is 13.2 Å². The van der Waals surface area contributed by atoms with E-state index in [2.05, 4.69) is 35.7 Å². The maximum Gasteiger partial charge on any atom is 0.0669 e. The van der Waals surface area contributed by atoms with E-state index < -0.39 is 0 Å². The molecule has 1 aromatic rings. The molecule has 0 saturated heterocycles. The molecule has 1 aromatic heterocycles. The van der Waals surface area contributed by atoms with Crippen LogP contribution in [0.3, 0.4) is 0 Å². The fourth-order valence-corrected chi connectivity index (χ4v) is 2.12.